The quantitative estimate of drug-likeness (QED) is 0.616. The Morgan fingerprint density at radius 2 is 2.12 bits per heavy atom. The Hall–Kier alpha value is -2.14. The number of hydrogen-bond acceptors (Lipinski definition) is 3. The average molecular weight is 350 g/mol. The molecular formula is C18H24ClN3O2. The summed E-state index contributed by atoms with van der Waals surface area (Å²) in [6, 6.07) is 9.68. The largest absolute Gasteiger partial charge is 0.497 e. The number of nitrogens with one attached hydrogen (secondary N) is 2. The summed E-state index contributed by atoms with van der Waals surface area (Å²) in [5, 5.41) is 7.30. The zero-order valence-electron chi connectivity index (χ0n) is 14.5. The fourth-order valence-corrected chi connectivity index (χ4v) is 2.60. The molecule has 1 aromatic heterocycles. The third kappa shape index (κ3) is 4.93. The molecular weight excluding hydrogens is 326 g/mol. The first-order valence-electron chi connectivity index (χ1n) is 7.89. The summed E-state index contributed by atoms with van der Waals surface area (Å²) in [6.07, 6.45) is 0.789. The fraction of sp³-hybridized carbons (Fsp3) is 0.389. The molecule has 2 N–H and O–H groups in total. The highest BCUT2D eigenvalue weighted by atomic mass is 35.5. The second-order valence-corrected chi connectivity index (χ2v) is 5.93. The number of hydrogen-bond donors (Lipinski definition) is 2. The molecule has 2 rings (SSSR count). The molecule has 0 aliphatic rings. The van der Waals surface area contributed by atoms with Crippen LogP contribution in [0.5, 0.6) is 5.75 Å². The molecule has 6 heteroatoms. The van der Waals surface area contributed by atoms with Crippen LogP contribution in [0.15, 0.2) is 39.7 Å². The molecule has 130 valence electrons. The Balaban J connectivity index is 1.85. The van der Waals surface area contributed by atoms with Crippen LogP contribution in [0.3, 0.4) is 0 Å². The van der Waals surface area contributed by atoms with E-state index in [1.54, 1.807) is 14.2 Å². The van der Waals surface area contributed by atoms with Gasteiger partial charge in [0.1, 0.15) is 17.3 Å². The van der Waals surface area contributed by atoms with Gasteiger partial charge in [0.25, 0.3) is 0 Å². The second kappa shape index (κ2) is 8.64. The molecule has 1 atom stereocenters. The van der Waals surface area contributed by atoms with Crippen LogP contribution >= 0.6 is 11.6 Å². The lowest BCUT2D eigenvalue weighted by Gasteiger charge is -2.16. The minimum Gasteiger partial charge on any atom is -0.497 e. The highest BCUT2D eigenvalue weighted by Gasteiger charge is 2.11. The Labute approximate surface area is 148 Å². The van der Waals surface area contributed by atoms with Gasteiger partial charge >= 0.3 is 0 Å². The number of benzene rings is 1. The van der Waals surface area contributed by atoms with Gasteiger partial charge in [-0.15, -0.1) is 0 Å². The number of aliphatic imine (C=N–C) groups is 1. The van der Waals surface area contributed by atoms with Crippen molar-refractivity contribution in [3.05, 3.63) is 52.4 Å². The summed E-state index contributed by atoms with van der Waals surface area (Å²) in [4.78, 5) is 4.24. The van der Waals surface area contributed by atoms with E-state index >= 15 is 0 Å². The highest BCUT2D eigenvalue weighted by Crippen LogP contribution is 2.22. The maximum absolute atomic E-state index is 6.26. The number of halogens is 1. The van der Waals surface area contributed by atoms with Crippen LogP contribution < -0.4 is 15.4 Å². The van der Waals surface area contributed by atoms with Gasteiger partial charge in [0, 0.05) is 18.6 Å². The van der Waals surface area contributed by atoms with Gasteiger partial charge in [0.05, 0.1) is 13.2 Å². The van der Waals surface area contributed by atoms with E-state index in [9.17, 15) is 0 Å². The number of ether oxygens (including phenoxy) is 1. The number of rotatable bonds is 6. The Kier molecular flexibility index (Phi) is 6.55. The van der Waals surface area contributed by atoms with E-state index < -0.39 is 0 Å². The van der Waals surface area contributed by atoms with E-state index in [0.717, 1.165) is 41.8 Å². The predicted molar refractivity (Wildman–Crippen MR) is 98.1 cm³/mol. The topological polar surface area (TPSA) is 58.8 Å². The number of furan rings is 1. The monoisotopic (exact) mass is 349 g/mol. The van der Waals surface area contributed by atoms with E-state index in [4.69, 9.17) is 20.8 Å². The third-order valence-corrected chi connectivity index (χ3v) is 4.06. The number of guanidine groups is 1. The van der Waals surface area contributed by atoms with Crippen LogP contribution in [-0.4, -0.2) is 26.7 Å². The molecule has 0 aliphatic heterocycles. The molecule has 1 aromatic carbocycles. The Morgan fingerprint density at radius 1 is 1.33 bits per heavy atom. The molecule has 0 saturated heterocycles. The molecule has 2 aromatic rings. The van der Waals surface area contributed by atoms with E-state index in [-0.39, 0.29) is 6.04 Å². The normalized spacial score (nSPS) is 12.8. The van der Waals surface area contributed by atoms with Gasteiger partial charge in [0.2, 0.25) is 0 Å². The van der Waals surface area contributed by atoms with Gasteiger partial charge in [-0.2, -0.15) is 0 Å². The number of aryl methyl sites for hydroxylation is 1. The summed E-state index contributed by atoms with van der Waals surface area (Å²) in [5.41, 5.74) is 1.06. The minimum atomic E-state index is 0.0366. The van der Waals surface area contributed by atoms with Gasteiger partial charge in [0.15, 0.2) is 5.96 Å². The first-order chi connectivity index (χ1) is 11.5. The number of methoxy groups -OCH3 is 1. The maximum Gasteiger partial charge on any atom is 0.191 e. The van der Waals surface area contributed by atoms with Gasteiger partial charge < -0.3 is 19.8 Å². The lowest BCUT2D eigenvalue weighted by Crippen LogP contribution is -2.39. The summed E-state index contributed by atoms with van der Waals surface area (Å²) in [5.74, 6) is 3.27. The van der Waals surface area contributed by atoms with Crippen LogP contribution in [0.25, 0.3) is 0 Å². The summed E-state index contributed by atoms with van der Waals surface area (Å²) in [6.45, 7) is 4.68. The van der Waals surface area contributed by atoms with Crippen LogP contribution in [0.4, 0.5) is 0 Å². The zero-order valence-corrected chi connectivity index (χ0v) is 15.3. The highest BCUT2D eigenvalue weighted by molar-refractivity contribution is 6.31. The molecule has 24 heavy (non-hydrogen) atoms. The van der Waals surface area contributed by atoms with Crippen molar-refractivity contribution in [1.29, 1.82) is 0 Å². The molecule has 0 spiro atoms. The molecule has 0 fully saturated rings. The van der Waals surface area contributed by atoms with Crippen molar-refractivity contribution in [3.63, 3.8) is 0 Å². The molecule has 0 bridgehead atoms. The lowest BCUT2D eigenvalue weighted by molar-refractivity contribution is 0.414. The summed E-state index contributed by atoms with van der Waals surface area (Å²) in [7, 11) is 3.38. The first-order valence-corrected chi connectivity index (χ1v) is 8.27. The van der Waals surface area contributed by atoms with E-state index in [1.807, 2.05) is 44.2 Å². The van der Waals surface area contributed by atoms with E-state index in [2.05, 4.69) is 15.6 Å². The van der Waals surface area contributed by atoms with Crippen LogP contribution in [0, 0.1) is 6.92 Å². The third-order valence-electron chi connectivity index (χ3n) is 3.71. The van der Waals surface area contributed by atoms with Crippen molar-refractivity contribution in [2.75, 3.05) is 20.7 Å². The van der Waals surface area contributed by atoms with Crippen molar-refractivity contribution < 1.29 is 9.15 Å². The molecule has 0 aliphatic carbocycles. The van der Waals surface area contributed by atoms with Gasteiger partial charge in [-0.1, -0.05) is 17.7 Å². The van der Waals surface area contributed by atoms with Crippen molar-refractivity contribution in [2.24, 2.45) is 4.99 Å². The predicted octanol–water partition coefficient (Wildman–Crippen LogP) is 3.72. The first kappa shape index (κ1) is 18.2. The van der Waals surface area contributed by atoms with E-state index in [1.165, 1.54) is 0 Å². The average Bonchev–Trinajstić information content (AvgIpc) is 3.01. The molecule has 0 saturated carbocycles. The van der Waals surface area contributed by atoms with Crippen molar-refractivity contribution in [1.82, 2.24) is 10.6 Å². The fourth-order valence-electron chi connectivity index (χ4n) is 2.33. The standard InChI is InChI=1S/C18H24ClN3O2/c1-12-5-8-17(24-12)13(2)22-18(20-3)21-10-9-14-6-7-15(23-4)11-16(14)19/h5-8,11,13H,9-10H2,1-4H3,(H2,20,21,22). The summed E-state index contributed by atoms with van der Waals surface area (Å²) >= 11 is 6.26. The molecule has 1 heterocycles. The molecule has 0 amide bonds. The second-order valence-electron chi connectivity index (χ2n) is 5.52. The molecule has 1 unspecified atom stereocenters. The van der Waals surface area contributed by atoms with Crippen LogP contribution in [-0.2, 0) is 6.42 Å². The smallest absolute Gasteiger partial charge is 0.191 e. The SMILES string of the molecule is CN=C(NCCc1ccc(OC)cc1Cl)NC(C)c1ccc(C)o1. The summed E-state index contributed by atoms with van der Waals surface area (Å²) < 4.78 is 10.8. The van der Waals surface area contributed by atoms with Gasteiger partial charge in [-0.3, -0.25) is 4.99 Å². The maximum atomic E-state index is 6.26. The molecule has 5 nitrogen and oxygen atoms in total. The minimum absolute atomic E-state index is 0.0366. The van der Waals surface area contributed by atoms with Crippen molar-refractivity contribution in [2.45, 2.75) is 26.3 Å². The Bertz CT molecular complexity index is 697. The lowest BCUT2D eigenvalue weighted by atomic mass is 10.1. The zero-order chi connectivity index (χ0) is 17.5. The van der Waals surface area contributed by atoms with Crippen molar-refractivity contribution >= 4 is 17.6 Å². The van der Waals surface area contributed by atoms with Gasteiger partial charge in [-0.05, 0) is 50.1 Å². The van der Waals surface area contributed by atoms with Gasteiger partial charge in [-0.25, -0.2) is 0 Å². The molecule has 0 radical (unpaired) electrons. The van der Waals surface area contributed by atoms with Crippen LogP contribution in [0.1, 0.15) is 30.0 Å². The van der Waals surface area contributed by atoms with Crippen molar-refractivity contribution in [3.8, 4) is 5.75 Å². The number of nitrogens with zero attached hydrogens (tertiary/aromatic N) is 1. The van der Waals surface area contributed by atoms with E-state index in [0.29, 0.717) is 5.02 Å². The van der Waals surface area contributed by atoms with Crippen LogP contribution in [0.2, 0.25) is 5.02 Å². The Morgan fingerprint density at radius 3 is 2.71 bits per heavy atom.